The number of methoxy groups -OCH3 is 2. The van der Waals surface area contributed by atoms with Gasteiger partial charge in [0.05, 0.1) is 19.8 Å². The van der Waals surface area contributed by atoms with Crippen molar-refractivity contribution in [3.05, 3.63) is 93.5 Å². The Kier molecular flexibility index (Phi) is 6.62. The molecule has 0 saturated heterocycles. The number of benzene rings is 4. The van der Waals surface area contributed by atoms with Gasteiger partial charge in [-0.2, -0.15) is 0 Å². The zero-order chi connectivity index (χ0) is 23.7. The van der Waals surface area contributed by atoms with Gasteiger partial charge in [0.25, 0.3) is 0 Å². The number of rotatable bonds is 5. The van der Waals surface area contributed by atoms with Gasteiger partial charge in [0.15, 0.2) is 0 Å². The quantitative estimate of drug-likeness (QED) is 0.272. The highest BCUT2D eigenvalue weighted by Gasteiger charge is 2.25. The lowest BCUT2D eigenvalue weighted by Crippen LogP contribution is -2.01. The van der Waals surface area contributed by atoms with E-state index in [1.807, 2.05) is 12.1 Å². The van der Waals surface area contributed by atoms with Crippen molar-refractivity contribution in [2.45, 2.75) is 27.7 Å². The lowest BCUT2D eigenvalue weighted by atomic mass is 9.87. The standard InChI is InChI=1S/C30H29BrO2/c1-18-11-9-14-22(20(18)3)25-17-26(23-15-10-12-19(2)21(23)4)30(33-6)28(29(25)32-5)24-13-7-8-16-27(24)31/h7-17H,1-6H3. The molecule has 168 valence electrons. The molecule has 0 aromatic heterocycles. The van der Waals surface area contributed by atoms with Crippen LogP contribution in [0.15, 0.2) is 71.2 Å². The van der Waals surface area contributed by atoms with Gasteiger partial charge in [-0.15, -0.1) is 0 Å². The number of hydrogen-bond donors (Lipinski definition) is 0. The third-order valence-corrected chi connectivity index (χ3v) is 7.26. The van der Waals surface area contributed by atoms with E-state index < -0.39 is 0 Å². The van der Waals surface area contributed by atoms with Crippen molar-refractivity contribution in [1.29, 1.82) is 0 Å². The van der Waals surface area contributed by atoms with Crippen molar-refractivity contribution in [2.75, 3.05) is 14.2 Å². The molecule has 0 aliphatic carbocycles. The van der Waals surface area contributed by atoms with Gasteiger partial charge in [0.2, 0.25) is 0 Å². The molecule has 33 heavy (non-hydrogen) atoms. The van der Waals surface area contributed by atoms with Crippen LogP contribution in [0.25, 0.3) is 33.4 Å². The Bertz CT molecular complexity index is 1260. The van der Waals surface area contributed by atoms with Gasteiger partial charge < -0.3 is 9.47 Å². The minimum Gasteiger partial charge on any atom is -0.495 e. The first kappa shape index (κ1) is 23.1. The van der Waals surface area contributed by atoms with E-state index in [1.54, 1.807) is 14.2 Å². The maximum atomic E-state index is 6.12. The second kappa shape index (κ2) is 9.44. The first-order valence-corrected chi connectivity index (χ1v) is 11.8. The largest absolute Gasteiger partial charge is 0.495 e. The van der Waals surface area contributed by atoms with E-state index >= 15 is 0 Å². The van der Waals surface area contributed by atoms with Gasteiger partial charge in [0, 0.05) is 21.2 Å². The second-order valence-corrected chi connectivity index (χ2v) is 9.24. The summed E-state index contributed by atoms with van der Waals surface area (Å²) >= 11 is 3.76. The molecule has 0 radical (unpaired) electrons. The van der Waals surface area contributed by atoms with Crippen molar-refractivity contribution >= 4 is 15.9 Å². The fraction of sp³-hybridized carbons (Fsp3) is 0.200. The Hall–Kier alpha value is -3.04. The summed E-state index contributed by atoms with van der Waals surface area (Å²) in [5, 5.41) is 0. The van der Waals surface area contributed by atoms with Crippen LogP contribution in [0.4, 0.5) is 0 Å². The molecule has 0 aliphatic heterocycles. The Morgan fingerprint density at radius 3 is 1.45 bits per heavy atom. The minimum absolute atomic E-state index is 0.807. The Morgan fingerprint density at radius 2 is 1.00 bits per heavy atom. The predicted octanol–water partition coefficient (Wildman–Crippen LogP) is 8.70. The average molecular weight is 501 g/mol. The van der Waals surface area contributed by atoms with E-state index in [-0.39, 0.29) is 0 Å². The number of halogens is 1. The van der Waals surface area contributed by atoms with Crippen LogP contribution in [0.3, 0.4) is 0 Å². The number of hydrogen-bond acceptors (Lipinski definition) is 2. The van der Waals surface area contributed by atoms with Crippen LogP contribution >= 0.6 is 15.9 Å². The summed E-state index contributed by atoms with van der Waals surface area (Å²) < 4.78 is 13.2. The van der Waals surface area contributed by atoms with Crippen LogP contribution in [0.5, 0.6) is 11.5 Å². The summed E-state index contributed by atoms with van der Waals surface area (Å²) in [6, 6.07) is 23.3. The molecule has 0 amide bonds. The molecule has 0 fully saturated rings. The van der Waals surface area contributed by atoms with Crippen molar-refractivity contribution in [1.82, 2.24) is 0 Å². The number of ether oxygens (including phenoxy) is 2. The monoisotopic (exact) mass is 500 g/mol. The lowest BCUT2D eigenvalue weighted by molar-refractivity contribution is 0.399. The smallest absolute Gasteiger partial charge is 0.138 e. The summed E-state index contributed by atoms with van der Waals surface area (Å²) in [5.74, 6) is 1.61. The van der Waals surface area contributed by atoms with Crippen LogP contribution in [0.1, 0.15) is 22.3 Å². The van der Waals surface area contributed by atoms with Crippen LogP contribution in [-0.2, 0) is 0 Å². The molecule has 4 rings (SSSR count). The van der Waals surface area contributed by atoms with Gasteiger partial charge in [-0.3, -0.25) is 0 Å². The van der Waals surface area contributed by atoms with Gasteiger partial charge in [-0.05, 0) is 73.2 Å². The van der Waals surface area contributed by atoms with E-state index in [1.165, 1.54) is 22.3 Å². The molecule has 0 unspecified atom stereocenters. The van der Waals surface area contributed by atoms with Gasteiger partial charge >= 0.3 is 0 Å². The van der Waals surface area contributed by atoms with Crippen LogP contribution in [-0.4, -0.2) is 14.2 Å². The molecular formula is C30H29BrO2. The molecule has 0 heterocycles. The minimum atomic E-state index is 0.807. The van der Waals surface area contributed by atoms with E-state index in [4.69, 9.17) is 9.47 Å². The van der Waals surface area contributed by atoms with E-state index in [0.29, 0.717) is 0 Å². The maximum Gasteiger partial charge on any atom is 0.138 e. The zero-order valence-electron chi connectivity index (χ0n) is 20.0. The van der Waals surface area contributed by atoms with Crippen molar-refractivity contribution in [3.8, 4) is 44.9 Å². The first-order valence-electron chi connectivity index (χ1n) is 11.1. The lowest BCUT2D eigenvalue weighted by Gasteiger charge is -2.23. The van der Waals surface area contributed by atoms with Gasteiger partial charge in [0.1, 0.15) is 11.5 Å². The molecule has 0 N–H and O–H groups in total. The Balaban J connectivity index is 2.21. The first-order chi connectivity index (χ1) is 15.9. The third-order valence-electron chi connectivity index (χ3n) is 6.57. The van der Waals surface area contributed by atoms with Crippen molar-refractivity contribution in [3.63, 3.8) is 0 Å². The molecular weight excluding hydrogens is 472 g/mol. The van der Waals surface area contributed by atoms with Crippen molar-refractivity contribution < 1.29 is 9.47 Å². The van der Waals surface area contributed by atoms with Gasteiger partial charge in [-0.1, -0.05) is 70.5 Å². The Labute approximate surface area is 205 Å². The molecule has 2 nitrogen and oxygen atoms in total. The third kappa shape index (κ3) is 4.06. The van der Waals surface area contributed by atoms with E-state index in [9.17, 15) is 0 Å². The summed E-state index contributed by atoms with van der Waals surface area (Å²) in [7, 11) is 3.47. The predicted molar refractivity (Wildman–Crippen MR) is 143 cm³/mol. The molecule has 4 aromatic carbocycles. The molecule has 3 heteroatoms. The molecule has 0 aliphatic rings. The van der Waals surface area contributed by atoms with E-state index in [2.05, 4.69) is 98.2 Å². The fourth-order valence-electron chi connectivity index (χ4n) is 4.47. The summed E-state index contributed by atoms with van der Waals surface area (Å²) in [6.45, 7) is 8.64. The molecule has 0 spiro atoms. The molecule has 0 atom stereocenters. The second-order valence-electron chi connectivity index (χ2n) is 8.39. The highest BCUT2D eigenvalue weighted by Crippen LogP contribution is 2.52. The fourth-order valence-corrected chi connectivity index (χ4v) is 4.95. The number of aryl methyl sites for hydroxylation is 2. The molecule has 0 bridgehead atoms. The topological polar surface area (TPSA) is 18.5 Å². The maximum absolute atomic E-state index is 6.12. The van der Waals surface area contributed by atoms with Crippen LogP contribution in [0, 0.1) is 27.7 Å². The summed E-state index contributed by atoms with van der Waals surface area (Å²) in [5.41, 5.74) is 11.4. The SMILES string of the molecule is COc1c(-c2cccc(C)c2C)cc(-c2cccc(C)c2C)c(OC)c1-c1ccccc1Br. The Morgan fingerprint density at radius 1 is 0.545 bits per heavy atom. The average Bonchev–Trinajstić information content (AvgIpc) is 2.82. The highest BCUT2D eigenvalue weighted by molar-refractivity contribution is 9.10. The zero-order valence-corrected chi connectivity index (χ0v) is 21.6. The van der Waals surface area contributed by atoms with Gasteiger partial charge in [-0.25, -0.2) is 0 Å². The van der Waals surface area contributed by atoms with Crippen LogP contribution < -0.4 is 9.47 Å². The van der Waals surface area contributed by atoms with Crippen LogP contribution in [0.2, 0.25) is 0 Å². The van der Waals surface area contributed by atoms with Crippen molar-refractivity contribution in [2.24, 2.45) is 0 Å². The molecule has 4 aromatic rings. The summed E-state index contributed by atoms with van der Waals surface area (Å²) in [6.07, 6.45) is 0. The normalized spacial score (nSPS) is 10.9. The highest BCUT2D eigenvalue weighted by atomic mass is 79.9. The van der Waals surface area contributed by atoms with E-state index in [0.717, 1.165) is 49.4 Å². The summed E-state index contributed by atoms with van der Waals surface area (Å²) in [4.78, 5) is 0. The molecule has 0 saturated carbocycles.